The molecule has 13 heteroatoms. The second-order valence-corrected chi connectivity index (χ2v) is 12.9. The van der Waals surface area contributed by atoms with Crippen LogP contribution in [-0.4, -0.2) is 78.4 Å². The van der Waals surface area contributed by atoms with Gasteiger partial charge < -0.3 is 45.9 Å². The number of carbonyl (C=O) groups excluding carboxylic acids is 3. The number of fused-ring (bicyclic) bond motifs is 2. The molecule has 0 radical (unpaired) electrons. The average Bonchev–Trinajstić information content (AvgIpc) is 3.59. The third-order valence-electron chi connectivity index (χ3n) is 8.92. The van der Waals surface area contributed by atoms with Gasteiger partial charge in [-0.1, -0.05) is 31.2 Å². The van der Waals surface area contributed by atoms with Crippen molar-refractivity contribution in [2.24, 2.45) is 5.92 Å². The van der Waals surface area contributed by atoms with Crippen molar-refractivity contribution in [1.29, 1.82) is 0 Å². The molecule has 6 N–H and O–H groups in total. The van der Waals surface area contributed by atoms with Crippen molar-refractivity contribution in [2.75, 3.05) is 55.2 Å². The van der Waals surface area contributed by atoms with Crippen molar-refractivity contribution < 1.29 is 33.7 Å². The van der Waals surface area contributed by atoms with Crippen LogP contribution in [0.15, 0.2) is 84.9 Å². The van der Waals surface area contributed by atoms with E-state index < -0.39 is 12.1 Å². The molecule has 13 nitrogen and oxygen atoms in total. The van der Waals surface area contributed by atoms with Gasteiger partial charge in [-0.3, -0.25) is 14.5 Å². The van der Waals surface area contributed by atoms with E-state index in [1.165, 1.54) is 0 Å². The number of amides is 4. The standard InChI is InChI=1S/C38H42N6O7/c1-23-18-44(24(2)21-45)37(47)29-16-27(40-38(48)41-28-13-15-33-34(17-28)50-22-49-33)12-14-32(29)51-35(23)20-43(3)19-25-8-10-26(11-9-25)36(46)42-31-7-5-4-6-30(31)39/h4-17,23-24,35,45H,18-22,39H2,1-3H3,(H,42,46)(H2,40,41,48)/t23-,24+,35-/m0/s1. The first-order chi connectivity index (χ1) is 24.6. The number of para-hydroxylation sites is 2. The molecule has 0 fully saturated rings. The number of nitrogens with one attached hydrogen (secondary N) is 3. The summed E-state index contributed by atoms with van der Waals surface area (Å²) in [6.07, 6.45) is -0.315. The average molecular weight is 695 g/mol. The summed E-state index contributed by atoms with van der Waals surface area (Å²) in [5.41, 5.74) is 9.74. The van der Waals surface area contributed by atoms with Crippen LogP contribution in [0, 0.1) is 5.92 Å². The van der Waals surface area contributed by atoms with Crippen molar-refractivity contribution in [2.45, 2.75) is 32.5 Å². The predicted octanol–water partition coefficient (Wildman–Crippen LogP) is 5.25. The minimum atomic E-state index is -0.503. The molecule has 2 heterocycles. The van der Waals surface area contributed by atoms with E-state index in [-0.39, 0.29) is 42.8 Å². The second kappa shape index (κ2) is 15.4. The summed E-state index contributed by atoms with van der Waals surface area (Å²) in [6, 6.07) is 23.6. The number of hydrogen-bond acceptors (Lipinski definition) is 9. The number of nitrogens with zero attached hydrogens (tertiary/aromatic N) is 2. The number of nitrogens with two attached hydrogens (primary N) is 1. The molecule has 2 aliphatic heterocycles. The summed E-state index contributed by atoms with van der Waals surface area (Å²) in [6.45, 7) is 5.22. The van der Waals surface area contributed by atoms with Gasteiger partial charge in [0.25, 0.3) is 11.8 Å². The Labute approximate surface area is 296 Å². The Kier molecular flexibility index (Phi) is 10.6. The minimum Gasteiger partial charge on any atom is -0.488 e. The Morgan fingerprint density at radius 2 is 1.63 bits per heavy atom. The first kappa shape index (κ1) is 35.1. The lowest BCUT2D eigenvalue weighted by atomic mass is 9.99. The highest BCUT2D eigenvalue weighted by molar-refractivity contribution is 6.06. The molecule has 4 amide bonds. The van der Waals surface area contributed by atoms with Gasteiger partial charge in [0.05, 0.1) is 29.6 Å². The number of carbonyl (C=O) groups is 3. The number of aliphatic hydroxyl groups excluding tert-OH is 1. The van der Waals surface area contributed by atoms with Crippen LogP contribution in [0.2, 0.25) is 0 Å². The van der Waals surface area contributed by atoms with Gasteiger partial charge in [0, 0.05) is 48.6 Å². The molecule has 0 spiro atoms. The Hall–Kier alpha value is -5.79. The van der Waals surface area contributed by atoms with Gasteiger partial charge in [-0.05, 0) is 74.1 Å². The minimum absolute atomic E-state index is 0.0830. The highest BCUT2D eigenvalue weighted by Gasteiger charge is 2.33. The van der Waals surface area contributed by atoms with Crippen LogP contribution in [0.25, 0.3) is 0 Å². The van der Waals surface area contributed by atoms with Crippen LogP contribution in [0.4, 0.5) is 27.5 Å². The van der Waals surface area contributed by atoms with E-state index in [1.54, 1.807) is 72.5 Å². The van der Waals surface area contributed by atoms with Gasteiger partial charge in [-0.15, -0.1) is 0 Å². The summed E-state index contributed by atoms with van der Waals surface area (Å²) >= 11 is 0. The van der Waals surface area contributed by atoms with Crippen LogP contribution in [0.3, 0.4) is 0 Å². The van der Waals surface area contributed by atoms with Crippen molar-refractivity contribution in [1.82, 2.24) is 9.80 Å². The summed E-state index contributed by atoms with van der Waals surface area (Å²) in [7, 11) is 1.99. The van der Waals surface area contributed by atoms with Gasteiger partial charge >= 0.3 is 6.03 Å². The third kappa shape index (κ3) is 8.34. The number of urea groups is 1. The maximum atomic E-state index is 13.9. The van der Waals surface area contributed by atoms with E-state index in [4.69, 9.17) is 19.9 Å². The molecule has 0 unspecified atom stereocenters. The Morgan fingerprint density at radius 1 is 0.941 bits per heavy atom. The molecular weight excluding hydrogens is 652 g/mol. The smallest absolute Gasteiger partial charge is 0.323 e. The van der Waals surface area contributed by atoms with E-state index in [0.717, 1.165) is 5.56 Å². The SMILES string of the molecule is C[C@H](CO)N1C[C@H](C)[C@H](CN(C)Cc2ccc(C(=O)Nc3ccccc3N)cc2)Oc2ccc(NC(=O)Nc3ccc4c(c3)OCO4)cc2C1=O. The second-order valence-electron chi connectivity index (χ2n) is 12.9. The van der Waals surface area contributed by atoms with E-state index >= 15 is 0 Å². The van der Waals surface area contributed by atoms with Crippen molar-refractivity contribution in [3.8, 4) is 17.2 Å². The summed E-state index contributed by atoms with van der Waals surface area (Å²) < 4.78 is 17.3. The van der Waals surface area contributed by atoms with E-state index in [0.29, 0.717) is 65.2 Å². The van der Waals surface area contributed by atoms with Gasteiger partial charge in [-0.2, -0.15) is 0 Å². The maximum absolute atomic E-state index is 13.9. The number of nitrogen functional groups attached to an aromatic ring is 1. The fourth-order valence-electron chi connectivity index (χ4n) is 6.04. The normalized spacial score (nSPS) is 17.1. The molecule has 0 saturated heterocycles. The van der Waals surface area contributed by atoms with Crippen LogP contribution >= 0.6 is 0 Å². The van der Waals surface area contributed by atoms with Gasteiger partial charge in [0.1, 0.15) is 11.9 Å². The summed E-state index contributed by atoms with van der Waals surface area (Å²) in [5.74, 6) is 0.896. The zero-order valence-electron chi connectivity index (χ0n) is 28.7. The number of benzene rings is 4. The third-order valence-corrected chi connectivity index (χ3v) is 8.92. The number of aliphatic hydroxyl groups is 1. The quantitative estimate of drug-likeness (QED) is 0.139. The summed E-state index contributed by atoms with van der Waals surface area (Å²) in [5, 5.41) is 18.4. The van der Waals surface area contributed by atoms with Crippen molar-refractivity contribution >= 4 is 40.6 Å². The molecule has 6 rings (SSSR count). The first-order valence-electron chi connectivity index (χ1n) is 16.7. The zero-order valence-corrected chi connectivity index (χ0v) is 28.7. The summed E-state index contributed by atoms with van der Waals surface area (Å²) in [4.78, 5) is 43.3. The highest BCUT2D eigenvalue weighted by Crippen LogP contribution is 2.35. The van der Waals surface area contributed by atoms with Crippen LogP contribution in [0.1, 0.15) is 40.1 Å². The van der Waals surface area contributed by atoms with Gasteiger partial charge in [0.15, 0.2) is 11.5 Å². The Balaban J connectivity index is 1.13. The lowest BCUT2D eigenvalue weighted by Gasteiger charge is -2.38. The molecule has 0 saturated carbocycles. The number of anilines is 4. The Bertz CT molecular complexity index is 1900. The topological polar surface area (TPSA) is 168 Å². The molecular formula is C38H42N6O7. The molecule has 3 atom stereocenters. The highest BCUT2D eigenvalue weighted by atomic mass is 16.7. The monoisotopic (exact) mass is 694 g/mol. The molecule has 4 aromatic carbocycles. The molecule has 2 aliphatic rings. The van der Waals surface area contributed by atoms with E-state index in [1.807, 2.05) is 38.2 Å². The molecule has 0 aromatic heterocycles. The fourth-order valence-corrected chi connectivity index (χ4v) is 6.04. The molecule has 51 heavy (non-hydrogen) atoms. The molecule has 0 bridgehead atoms. The van der Waals surface area contributed by atoms with Crippen LogP contribution in [-0.2, 0) is 6.54 Å². The number of hydrogen-bond donors (Lipinski definition) is 5. The number of ether oxygens (including phenoxy) is 3. The van der Waals surface area contributed by atoms with Crippen molar-refractivity contribution in [3.63, 3.8) is 0 Å². The van der Waals surface area contributed by atoms with E-state index in [2.05, 4.69) is 20.9 Å². The first-order valence-corrected chi connectivity index (χ1v) is 16.7. The largest absolute Gasteiger partial charge is 0.488 e. The Morgan fingerprint density at radius 3 is 2.35 bits per heavy atom. The molecule has 266 valence electrons. The zero-order chi connectivity index (χ0) is 36.1. The van der Waals surface area contributed by atoms with Gasteiger partial charge in [0.2, 0.25) is 6.79 Å². The van der Waals surface area contributed by atoms with Crippen LogP contribution < -0.4 is 35.9 Å². The van der Waals surface area contributed by atoms with E-state index in [9.17, 15) is 19.5 Å². The molecule has 0 aliphatic carbocycles. The predicted molar refractivity (Wildman–Crippen MR) is 194 cm³/mol. The number of likely N-dealkylation sites (N-methyl/N-ethyl adjacent to an activating group) is 1. The van der Waals surface area contributed by atoms with Gasteiger partial charge in [-0.25, -0.2) is 4.79 Å². The maximum Gasteiger partial charge on any atom is 0.323 e. The van der Waals surface area contributed by atoms with Crippen molar-refractivity contribution in [3.05, 3.63) is 102 Å². The van der Waals surface area contributed by atoms with Crippen LogP contribution in [0.5, 0.6) is 17.2 Å². The fraction of sp³-hybridized carbons (Fsp3) is 0.289. The lowest BCUT2D eigenvalue weighted by molar-refractivity contribution is 0.0341. The molecule has 4 aromatic rings. The lowest BCUT2D eigenvalue weighted by Crippen LogP contribution is -2.49. The number of rotatable bonds is 10.